The predicted octanol–water partition coefficient (Wildman–Crippen LogP) is 9.21. The molecule has 0 bridgehead atoms. The number of nitrogens with zero attached hydrogens (tertiary/aromatic N) is 2. The third-order valence-electron chi connectivity index (χ3n) is 8.74. The number of aryl methyl sites for hydroxylation is 1. The number of halogens is 4. The molecule has 5 aromatic rings. The Hall–Kier alpha value is -4.16. The van der Waals surface area contributed by atoms with Gasteiger partial charge in [0, 0.05) is 17.7 Å². The van der Waals surface area contributed by atoms with Crippen molar-refractivity contribution in [2.45, 2.75) is 36.8 Å². The standard InChI is InChI=1S/C34H24ClF3N2O/c35-30-18-21(34(36,37)38)19-39-32(30)33(17-16-31(40-41)27-8-3-4-10-29(27)33)28-11-5-9-23-25-13-12-20-6-1-2-7-22(20)24(25)14-15-26(23)28/h1-4,6-8,10,12-19,28,41H,5,9,11H2. The van der Waals surface area contributed by atoms with Gasteiger partial charge in [0.1, 0.15) is 5.71 Å². The molecule has 1 heterocycles. The first-order valence-corrected chi connectivity index (χ1v) is 13.9. The van der Waals surface area contributed by atoms with Gasteiger partial charge in [0.25, 0.3) is 0 Å². The van der Waals surface area contributed by atoms with Crippen LogP contribution >= 0.6 is 11.6 Å². The minimum atomic E-state index is -4.57. The van der Waals surface area contributed by atoms with Crippen molar-refractivity contribution in [3.63, 3.8) is 0 Å². The van der Waals surface area contributed by atoms with Gasteiger partial charge < -0.3 is 5.21 Å². The molecule has 2 unspecified atom stereocenters. The number of hydrogen-bond acceptors (Lipinski definition) is 3. The highest BCUT2D eigenvalue weighted by Gasteiger charge is 2.48. The number of oxime groups is 1. The van der Waals surface area contributed by atoms with Crippen molar-refractivity contribution in [1.29, 1.82) is 0 Å². The van der Waals surface area contributed by atoms with Gasteiger partial charge >= 0.3 is 6.18 Å². The van der Waals surface area contributed by atoms with Crippen molar-refractivity contribution in [3.8, 4) is 0 Å². The van der Waals surface area contributed by atoms with E-state index in [1.807, 2.05) is 42.5 Å². The van der Waals surface area contributed by atoms with Crippen LogP contribution in [0.3, 0.4) is 0 Å². The van der Waals surface area contributed by atoms with Gasteiger partial charge in [-0.25, -0.2) is 0 Å². The first kappa shape index (κ1) is 25.8. The maximum absolute atomic E-state index is 13.6. The van der Waals surface area contributed by atoms with Crippen molar-refractivity contribution in [3.05, 3.63) is 136 Å². The van der Waals surface area contributed by atoms with Gasteiger partial charge in [-0.05, 0) is 69.6 Å². The van der Waals surface area contributed by atoms with Gasteiger partial charge in [-0.3, -0.25) is 4.98 Å². The largest absolute Gasteiger partial charge is 0.417 e. The molecule has 0 fully saturated rings. The summed E-state index contributed by atoms with van der Waals surface area (Å²) in [6.45, 7) is 0. The van der Waals surface area contributed by atoms with E-state index in [-0.39, 0.29) is 10.9 Å². The van der Waals surface area contributed by atoms with E-state index in [9.17, 15) is 18.4 Å². The molecule has 0 saturated carbocycles. The number of pyridine rings is 1. The SMILES string of the molecule is ON=C1C=CC(c2ncc(C(F)(F)F)cc2Cl)(C2CCCc3c2ccc2c3ccc3ccccc32)c2ccccc21. The van der Waals surface area contributed by atoms with E-state index in [0.29, 0.717) is 17.0 Å². The molecule has 7 rings (SSSR count). The van der Waals surface area contributed by atoms with Crippen LogP contribution < -0.4 is 0 Å². The highest BCUT2D eigenvalue weighted by Crippen LogP contribution is 2.55. The number of hydrogen-bond donors (Lipinski definition) is 1. The summed E-state index contributed by atoms with van der Waals surface area (Å²) in [6, 6.07) is 25.4. The van der Waals surface area contributed by atoms with E-state index in [4.69, 9.17) is 11.6 Å². The van der Waals surface area contributed by atoms with E-state index in [1.54, 1.807) is 6.08 Å². The van der Waals surface area contributed by atoms with Crippen LogP contribution in [0.15, 0.2) is 102 Å². The molecule has 0 aliphatic heterocycles. The van der Waals surface area contributed by atoms with Crippen LogP contribution in [0.4, 0.5) is 13.2 Å². The van der Waals surface area contributed by atoms with Crippen molar-refractivity contribution in [2.24, 2.45) is 5.16 Å². The molecule has 3 nitrogen and oxygen atoms in total. The lowest BCUT2D eigenvalue weighted by Gasteiger charge is -2.45. The Kier molecular flexibility index (Phi) is 5.94. The molecule has 2 atom stereocenters. The molecule has 2 aliphatic carbocycles. The third kappa shape index (κ3) is 3.88. The maximum Gasteiger partial charge on any atom is 0.417 e. The first-order valence-electron chi connectivity index (χ1n) is 13.5. The lowest BCUT2D eigenvalue weighted by Crippen LogP contribution is -2.40. The molecule has 0 saturated heterocycles. The zero-order valence-electron chi connectivity index (χ0n) is 21.8. The summed E-state index contributed by atoms with van der Waals surface area (Å²) in [7, 11) is 0. The van der Waals surface area contributed by atoms with Crippen LogP contribution in [0.5, 0.6) is 0 Å². The Bertz CT molecular complexity index is 1910. The molecule has 0 spiro atoms. The number of fused-ring (bicyclic) bond motifs is 6. The molecule has 2 aliphatic rings. The summed E-state index contributed by atoms with van der Waals surface area (Å²) >= 11 is 6.73. The second-order valence-electron chi connectivity index (χ2n) is 10.7. The Morgan fingerprint density at radius 3 is 2.51 bits per heavy atom. The van der Waals surface area contributed by atoms with E-state index in [0.717, 1.165) is 42.7 Å². The fourth-order valence-corrected chi connectivity index (χ4v) is 7.32. The van der Waals surface area contributed by atoms with E-state index in [2.05, 4.69) is 46.5 Å². The van der Waals surface area contributed by atoms with Crippen molar-refractivity contribution >= 4 is 38.9 Å². The quantitative estimate of drug-likeness (QED) is 0.131. The van der Waals surface area contributed by atoms with Crippen LogP contribution in [0.1, 0.15) is 52.3 Å². The van der Waals surface area contributed by atoms with E-state index >= 15 is 0 Å². The fraction of sp³-hybridized carbons (Fsp3) is 0.176. The molecule has 1 aromatic heterocycles. The van der Waals surface area contributed by atoms with E-state index in [1.165, 1.54) is 27.1 Å². The lowest BCUT2D eigenvalue weighted by molar-refractivity contribution is -0.137. The Labute approximate surface area is 239 Å². The highest BCUT2D eigenvalue weighted by atomic mass is 35.5. The molecular weight excluding hydrogens is 545 g/mol. The Morgan fingerprint density at radius 1 is 0.927 bits per heavy atom. The van der Waals surface area contributed by atoms with Crippen LogP contribution in [0.2, 0.25) is 5.02 Å². The van der Waals surface area contributed by atoms with Crippen LogP contribution in [0, 0.1) is 0 Å². The summed E-state index contributed by atoms with van der Waals surface area (Å²) in [4.78, 5) is 4.44. The average Bonchev–Trinajstić information content (AvgIpc) is 2.99. The number of allylic oxidation sites excluding steroid dienone is 2. The van der Waals surface area contributed by atoms with Gasteiger partial charge in [-0.2, -0.15) is 13.2 Å². The predicted molar refractivity (Wildman–Crippen MR) is 156 cm³/mol. The topological polar surface area (TPSA) is 45.5 Å². The zero-order valence-corrected chi connectivity index (χ0v) is 22.5. The minimum Gasteiger partial charge on any atom is -0.410 e. The number of aromatic nitrogens is 1. The number of benzene rings is 4. The van der Waals surface area contributed by atoms with Crippen LogP contribution in [0.25, 0.3) is 21.5 Å². The minimum absolute atomic E-state index is 0.0532. The van der Waals surface area contributed by atoms with Crippen LogP contribution in [-0.4, -0.2) is 15.9 Å². The molecular formula is C34H24ClF3N2O. The average molecular weight is 569 g/mol. The smallest absolute Gasteiger partial charge is 0.410 e. The summed E-state index contributed by atoms with van der Waals surface area (Å²) in [6.07, 6.45) is 2.48. The van der Waals surface area contributed by atoms with Gasteiger partial charge in [0.05, 0.1) is 21.7 Å². The second kappa shape index (κ2) is 9.45. The van der Waals surface area contributed by atoms with E-state index < -0.39 is 17.2 Å². The molecule has 41 heavy (non-hydrogen) atoms. The molecule has 204 valence electrons. The van der Waals surface area contributed by atoms with Gasteiger partial charge in [0.15, 0.2) is 0 Å². The molecule has 0 radical (unpaired) electrons. The normalized spacial score (nSPS) is 21.3. The van der Waals surface area contributed by atoms with Gasteiger partial charge in [-0.15, -0.1) is 0 Å². The van der Waals surface area contributed by atoms with Gasteiger partial charge in [0.2, 0.25) is 0 Å². The molecule has 1 N–H and O–H groups in total. The molecule has 0 amide bonds. The highest BCUT2D eigenvalue weighted by molar-refractivity contribution is 6.31. The first-order chi connectivity index (χ1) is 19.8. The fourth-order valence-electron chi connectivity index (χ4n) is 7.00. The van der Waals surface area contributed by atoms with Crippen molar-refractivity contribution in [1.82, 2.24) is 4.98 Å². The van der Waals surface area contributed by atoms with Gasteiger partial charge in [-0.1, -0.05) is 95.6 Å². The summed E-state index contributed by atoms with van der Waals surface area (Å²) < 4.78 is 40.9. The summed E-state index contributed by atoms with van der Waals surface area (Å²) in [5, 5.41) is 18.0. The number of rotatable bonds is 2. The number of alkyl halides is 3. The van der Waals surface area contributed by atoms with Crippen LogP contribution in [-0.2, 0) is 18.0 Å². The second-order valence-corrected chi connectivity index (χ2v) is 11.2. The Morgan fingerprint density at radius 2 is 1.71 bits per heavy atom. The third-order valence-corrected chi connectivity index (χ3v) is 9.03. The monoisotopic (exact) mass is 568 g/mol. The zero-order chi connectivity index (χ0) is 28.4. The van der Waals surface area contributed by atoms with Crippen molar-refractivity contribution in [2.75, 3.05) is 0 Å². The van der Waals surface area contributed by atoms with Crippen molar-refractivity contribution < 1.29 is 18.4 Å². The summed E-state index contributed by atoms with van der Waals surface area (Å²) in [5.41, 5.74) is 2.68. The lowest BCUT2D eigenvalue weighted by atomic mass is 9.58. The molecule has 4 aromatic carbocycles. The molecule has 7 heteroatoms. The summed E-state index contributed by atoms with van der Waals surface area (Å²) in [5.74, 6) is -0.179. The maximum atomic E-state index is 13.6. The Balaban J connectivity index is 1.53.